The van der Waals surface area contributed by atoms with Crippen LogP contribution in [0.25, 0.3) is 0 Å². The highest BCUT2D eigenvalue weighted by Crippen LogP contribution is 2.33. The number of rotatable bonds is 3. The van der Waals surface area contributed by atoms with Crippen LogP contribution < -0.4 is 5.32 Å². The van der Waals surface area contributed by atoms with Crippen molar-refractivity contribution in [3.63, 3.8) is 0 Å². The molecule has 1 aliphatic rings. The molecular weight excluding hydrogens is 328 g/mol. The number of para-hydroxylation sites is 1. The van der Waals surface area contributed by atoms with Gasteiger partial charge in [-0.05, 0) is 29.8 Å². The molecule has 3 rings (SSSR count). The Labute approximate surface area is 132 Å². The molecule has 1 atom stereocenters. The Bertz CT molecular complexity index is 681. The predicted octanol–water partition coefficient (Wildman–Crippen LogP) is 4.20. The smallest absolute Gasteiger partial charge is 0.258 e. The number of hydrogen-bond donors (Lipinski definition) is 1. The minimum absolute atomic E-state index is 0.0252. The minimum Gasteiger partial charge on any atom is -0.361 e. The van der Waals surface area contributed by atoms with Gasteiger partial charge in [-0.3, -0.25) is 4.79 Å². The summed E-state index contributed by atoms with van der Waals surface area (Å²) in [6, 6.07) is 15.6. The zero-order valence-electron chi connectivity index (χ0n) is 11.4. The molecule has 106 valence electrons. The van der Waals surface area contributed by atoms with Gasteiger partial charge < -0.3 is 10.2 Å². The first-order valence-electron chi connectivity index (χ1n) is 6.73. The molecule has 3 nitrogen and oxygen atoms in total. The summed E-state index contributed by atoms with van der Waals surface area (Å²) in [7, 11) is 0. The van der Waals surface area contributed by atoms with Crippen molar-refractivity contribution in [1.82, 2.24) is 4.90 Å². The zero-order chi connectivity index (χ0) is 14.8. The molecule has 21 heavy (non-hydrogen) atoms. The first-order chi connectivity index (χ1) is 10.2. The molecule has 2 aromatic carbocycles. The highest BCUT2D eigenvalue weighted by molar-refractivity contribution is 9.10. The van der Waals surface area contributed by atoms with Crippen molar-refractivity contribution in [3.8, 4) is 0 Å². The van der Waals surface area contributed by atoms with E-state index in [0.717, 1.165) is 15.7 Å². The minimum atomic E-state index is -0.182. The van der Waals surface area contributed by atoms with Crippen molar-refractivity contribution < 1.29 is 4.79 Å². The van der Waals surface area contributed by atoms with E-state index in [9.17, 15) is 4.79 Å². The molecule has 0 radical (unpaired) electrons. The zero-order valence-corrected chi connectivity index (χ0v) is 13.0. The maximum absolute atomic E-state index is 12.7. The number of nitrogens with one attached hydrogen (secondary N) is 1. The molecule has 1 unspecified atom stereocenters. The molecule has 0 bridgehead atoms. The third-order valence-electron chi connectivity index (χ3n) is 3.53. The van der Waals surface area contributed by atoms with E-state index in [1.54, 1.807) is 11.0 Å². The Morgan fingerprint density at radius 1 is 1.19 bits per heavy atom. The van der Waals surface area contributed by atoms with Gasteiger partial charge in [0.05, 0.1) is 5.56 Å². The monoisotopic (exact) mass is 342 g/mol. The number of benzene rings is 2. The van der Waals surface area contributed by atoms with Gasteiger partial charge in [0.2, 0.25) is 0 Å². The van der Waals surface area contributed by atoms with E-state index in [1.165, 1.54) is 0 Å². The molecule has 1 aliphatic heterocycles. The van der Waals surface area contributed by atoms with Gasteiger partial charge in [-0.25, -0.2) is 0 Å². The van der Waals surface area contributed by atoms with Crippen molar-refractivity contribution in [2.45, 2.75) is 6.17 Å². The Hall–Kier alpha value is -2.07. The van der Waals surface area contributed by atoms with Crippen LogP contribution in [0.15, 0.2) is 65.7 Å². The van der Waals surface area contributed by atoms with E-state index in [4.69, 9.17) is 0 Å². The van der Waals surface area contributed by atoms with Crippen molar-refractivity contribution in [2.75, 3.05) is 11.9 Å². The summed E-state index contributed by atoms with van der Waals surface area (Å²) in [4.78, 5) is 14.5. The summed E-state index contributed by atoms with van der Waals surface area (Å²) < 4.78 is 1.02. The van der Waals surface area contributed by atoms with Crippen LogP contribution in [0, 0.1) is 0 Å². The molecule has 1 heterocycles. The first kappa shape index (κ1) is 13.9. The van der Waals surface area contributed by atoms with Crippen molar-refractivity contribution >= 4 is 27.5 Å². The van der Waals surface area contributed by atoms with Gasteiger partial charge >= 0.3 is 0 Å². The van der Waals surface area contributed by atoms with Gasteiger partial charge in [0.1, 0.15) is 6.17 Å². The first-order valence-corrected chi connectivity index (χ1v) is 7.53. The average molecular weight is 343 g/mol. The lowest BCUT2D eigenvalue weighted by atomic mass is 10.0. The fourth-order valence-electron chi connectivity index (χ4n) is 2.53. The van der Waals surface area contributed by atoms with Crippen LogP contribution in [-0.2, 0) is 0 Å². The maximum atomic E-state index is 12.7. The topological polar surface area (TPSA) is 32.3 Å². The van der Waals surface area contributed by atoms with Crippen LogP contribution in [0.5, 0.6) is 0 Å². The van der Waals surface area contributed by atoms with E-state index < -0.39 is 0 Å². The van der Waals surface area contributed by atoms with Gasteiger partial charge in [-0.2, -0.15) is 0 Å². The standard InChI is InChI=1S/C17H15BrN2O/c1-2-11-20-16(12-7-9-13(18)10-8-12)19-15-6-4-3-5-14(15)17(20)21/h2-10,16,19H,1,11H2. The number of hydrogen-bond acceptors (Lipinski definition) is 2. The lowest BCUT2D eigenvalue weighted by Gasteiger charge is -2.37. The summed E-state index contributed by atoms with van der Waals surface area (Å²) in [5.74, 6) is 0.0252. The van der Waals surface area contributed by atoms with Gasteiger partial charge in [0.25, 0.3) is 5.91 Å². The van der Waals surface area contributed by atoms with Crippen LogP contribution in [-0.4, -0.2) is 17.4 Å². The van der Waals surface area contributed by atoms with Crippen molar-refractivity contribution in [3.05, 3.63) is 76.8 Å². The second-order valence-corrected chi connectivity index (χ2v) is 5.81. The molecule has 0 aromatic heterocycles. The van der Waals surface area contributed by atoms with Gasteiger partial charge in [-0.1, -0.05) is 46.3 Å². The number of carbonyl (C=O) groups excluding carboxylic acids is 1. The van der Waals surface area contributed by atoms with Crippen LogP contribution >= 0.6 is 15.9 Å². The van der Waals surface area contributed by atoms with Crippen LogP contribution in [0.4, 0.5) is 5.69 Å². The normalized spacial score (nSPS) is 17.1. The molecule has 1 N–H and O–H groups in total. The second-order valence-electron chi connectivity index (χ2n) is 4.89. The number of anilines is 1. The predicted molar refractivity (Wildman–Crippen MR) is 88.2 cm³/mol. The average Bonchev–Trinajstić information content (AvgIpc) is 2.51. The van der Waals surface area contributed by atoms with Crippen LogP contribution in [0.3, 0.4) is 0 Å². The van der Waals surface area contributed by atoms with Crippen LogP contribution in [0.1, 0.15) is 22.1 Å². The highest BCUT2D eigenvalue weighted by Gasteiger charge is 2.31. The number of amides is 1. The molecule has 2 aromatic rings. The number of fused-ring (bicyclic) bond motifs is 1. The Morgan fingerprint density at radius 3 is 2.62 bits per heavy atom. The molecule has 0 spiro atoms. The molecule has 4 heteroatoms. The molecule has 1 amide bonds. The summed E-state index contributed by atoms with van der Waals surface area (Å²) in [5, 5.41) is 3.44. The lowest BCUT2D eigenvalue weighted by molar-refractivity contribution is 0.0707. The molecular formula is C17H15BrN2O. The second kappa shape index (κ2) is 5.74. The number of nitrogens with zero attached hydrogens (tertiary/aromatic N) is 1. The van der Waals surface area contributed by atoms with E-state index in [-0.39, 0.29) is 12.1 Å². The maximum Gasteiger partial charge on any atom is 0.258 e. The summed E-state index contributed by atoms with van der Waals surface area (Å²) in [6.45, 7) is 4.26. The van der Waals surface area contributed by atoms with E-state index in [2.05, 4.69) is 27.8 Å². The summed E-state index contributed by atoms with van der Waals surface area (Å²) >= 11 is 3.44. The number of halogens is 1. The van der Waals surface area contributed by atoms with Crippen molar-refractivity contribution in [2.24, 2.45) is 0 Å². The third kappa shape index (κ3) is 2.59. The van der Waals surface area contributed by atoms with Gasteiger partial charge in [0.15, 0.2) is 0 Å². The van der Waals surface area contributed by atoms with Gasteiger partial charge in [0, 0.05) is 16.7 Å². The van der Waals surface area contributed by atoms with Crippen LogP contribution in [0.2, 0.25) is 0 Å². The number of carbonyl (C=O) groups is 1. The largest absolute Gasteiger partial charge is 0.361 e. The summed E-state index contributed by atoms with van der Waals surface area (Å²) in [5.41, 5.74) is 2.62. The molecule has 0 aliphatic carbocycles. The van der Waals surface area contributed by atoms with Gasteiger partial charge in [-0.15, -0.1) is 6.58 Å². The Morgan fingerprint density at radius 2 is 1.90 bits per heavy atom. The SMILES string of the molecule is C=CCN1C(=O)c2ccccc2NC1c1ccc(Br)cc1. The van der Waals surface area contributed by atoms with Crippen molar-refractivity contribution in [1.29, 1.82) is 0 Å². The Balaban J connectivity index is 2.04. The lowest BCUT2D eigenvalue weighted by Crippen LogP contribution is -2.42. The quantitative estimate of drug-likeness (QED) is 0.847. The highest BCUT2D eigenvalue weighted by atomic mass is 79.9. The Kier molecular flexibility index (Phi) is 3.80. The van der Waals surface area contributed by atoms with E-state index >= 15 is 0 Å². The summed E-state index contributed by atoms with van der Waals surface area (Å²) in [6.07, 6.45) is 1.57. The van der Waals surface area contributed by atoms with E-state index in [0.29, 0.717) is 12.1 Å². The third-order valence-corrected chi connectivity index (χ3v) is 4.06. The fraction of sp³-hybridized carbons (Fsp3) is 0.118. The molecule has 0 fully saturated rings. The molecule has 0 saturated carbocycles. The fourth-order valence-corrected chi connectivity index (χ4v) is 2.79. The molecule has 0 saturated heterocycles. The van der Waals surface area contributed by atoms with E-state index in [1.807, 2.05) is 48.5 Å².